The fourth-order valence-electron chi connectivity index (χ4n) is 3.44. The van der Waals surface area contributed by atoms with Crippen LogP contribution in [0.25, 0.3) is 33.3 Å². The fourth-order valence-corrected chi connectivity index (χ4v) is 3.61. The maximum Gasteiger partial charge on any atom is 0.305 e. The van der Waals surface area contributed by atoms with E-state index in [0.717, 1.165) is 46.9 Å². The van der Waals surface area contributed by atoms with Crippen LogP contribution in [0, 0.1) is 0 Å². The zero-order valence-electron chi connectivity index (χ0n) is 17.4. The van der Waals surface area contributed by atoms with Crippen molar-refractivity contribution in [2.45, 2.75) is 32.6 Å². The highest BCUT2D eigenvalue weighted by Crippen LogP contribution is 2.30. The van der Waals surface area contributed by atoms with Crippen molar-refractivity contribution in [1.82, 2.24) is 4.98 Å². The SMILES string of the molecule is CCOC(=O)CCCCCOc1ccc2cc(-c3nc4cc(Cl)ccc4o3)ccc2c1. The second kappa shape index (κ2) is 9.84. The van der Waals surface area contributed by atoms with Gasteiger partial charge in [0.25, 0.3) is 0 Å². The molecule has 6 heteroatoms. The van der Waals surface area contributed by atoms with Gasteiger partial charge in [-0.3, -0.25) is 4.79 Å². The van der Waals surface area contributed by atoms with Gasteiger partial charge < -0.3 is 13.9 Å². The molecule has 0 spiro atoms. The van der Waals surface area contributed by atoms with Crippen molar-refractivity contribution in [3.63, 3.8) is 0 Å². The van der Waals surface area contributed by atoms with E-state index in [2.05, 4.69) is 11.1 Å². The molecule has 0 unspecified atom stereocenters. The van der Waals surface area contributed by atoms with Crippen LogP contribution in [0.1, 0.15) is 32.6 Å². The summed E-state index contributed by atoms with van der Waals surface area (Å²) < 4.78 is 16.7. The number of hydrogen-bond acceptors (Lipinski definition) is 5. The lowest BCUT2D eigenvalue weighted by molar-refractivity contribution is -0.143. The van der Waals surface area contributed by atoms with E-state index in [0.29, 0.717) is 36.1 Å². The summed E-state index contributed by atoms with van der Waals surface area (Å²) >= 11 is 6.04. The van der Waals surface area contributed by atoms with Crippen LogP contribution in [0.15, 0.2) is 59.0 Å². The zero-order chi connectivity index (χ0) is 21.6. The minimum Gasteiger partial charge on any atom is -0.494 e. The van der Waals surface area contributed by atoms with Crippen LogP contribution in [-0.4, -0.2) is 24.2 Å². The molecule has 0 aliphatic heterocycles. The first-order valence-electron chi connectivity index (χ1n) is 10.5. The van der Waals surface area contributed by atoms with Crippen molar-refractivity contribution in [2.24, 2.45) is 0 Å². The van der Waals surface area contributed by atoms with Crippen LogP contribution in [0.4, 0.5) is 0 Å². The van der Waals surface area contributed by atoms with Gasteiger partial charge in [0.1, 0.15) is 11.3 Å². The number of oxazole rings is 1. The molecule has 0 fully saturated rings. The lowest BCUT2D eigenvalue weighted by Gasteiger charge is -2.08. The van der Waals surface area contributed by atoms with Crippen molar-refractivity contribution >= 4 is 39.4 Å². The van der Waals surface area contributed by atoms with E-state index in [4.69, 9.17) is 25.5 Å². The fraction of sp³-hybridized carbons (Fsp3) is 0.280. The first-order valence-corrected chi connectivity index (χ1v) is 10.9. The minimum absolute atomic E-state index is 0.126. The number of carbonyl (C=O) groups is 1. The van der Waals surface area contributed by atoms with Crippen LogP contribution < -0.4 is 4.74 Å². The van der Waals surface area contributed by atoms with Crippen molar-refractivity contribution in [3.05, 3.63) is 59.6 Å². The molecule has 0 saturated carbocycles. The van der Waals surface area contributed by atoms with Gasteiger partial charge in [0.15, 0.2) is 5.58 Å². The molecular weight excluding hydrogens is 414 g/mol. The predicted octanol–water partition coefficient (Wildman–Crippen LogP) is 6.80. The highest BCUT2D eigenvalue weighted by molar-refractivity contribution is 6.31. The van der Waals surface area contributed by atoms with E-state index in [1.165, 1.54) is 0 Å². The number of benzene rings is 3. The molecule has 3 aromatic carbocycles. The van der Waals surface area contributed by atoms with Crippen LogP contribution in [0.2, 0.25) is 5.02 Å². The number of carbonyl (C=O) groups excluding carboxylic acids is 1. The summed E-state index contributed by atoms with van der Waals surface area (Å²) in [5.41, 5.74) is 2.37. The Balaban J connectivity index is 1.36. The standard InChI is InChI=1S/C25H24ClNO4/c1-2-29-24(28)6-4-3-5-13-30-21-11-9-17-14-19(8-7-18(17)15-21)25-27-22-16-20(26)10-12-23(22)31-25/h7-12,14-16H,2-6,13H2,1H3. The maximum absolute atomic E-state index is 11.3. The molecule has 0 atom stereocenters. The first-order chi connectivity index (χ1) is 15.1. The number of aromatic nitrogens is 1. The molecule has 160 valence electrons. The number of fused-ring (bicyclic) bond motifs is 2. The quantitative estimate of drug-likeness (QED) is 0.213. The van der Waals surface area contributed by atoms with E-state index in [1.54, 1.807) is 12.1 Å². The molecule has 5 nitrogen and oxygen atoms in total. The minimum atomic E-state index is -0.126. The molecule has 4 aromatic rings. The van der Waals surface area contributed by atoms with Gasteiger partial charge in [0.05, 0.1) is 13.2 Å². The summed E-state index contributed by atoms with van der Waals surface area (Å²) in [6.07, 6.45) is 3.13. The number of halogens is 1. The smallest absolute Gasteiger partial charge is 0.305 e. The summed E-state index contributed by atoms with van der Waals surface area (Å²) in [5.74, 6) is 1.28. The first kappa shape index (κ1) is 21.2. The molecule has 0 aliphatic carbocycles. The van der Waals surface area contributed by atoms with Crippen LogP contribution >= 0.6 is 11.6 Å². The third kappa shape index (κ3) is 5.36. The lowest BCUT2D eigenvalue weighted by Crippen LogP contribution is -2.04. The van der Waals surface area contributed by atoms with E-state index in [1.807, 2.05) is 43.3 Å². The highest BCUT2D eigenvalue weighted by Gasteiger charge is 2.10. The maximum atomic E-state index is 11.3. The average molecular weight is 438 g/mol. The molecule has 0 aliphatic rings. The van der Waals surface area contributed by atoms with Crippen molar-refractivity contribution < 1.29 is 18.7 Å². The number of ether oxygens (including phenoxy) is 2. The number of nitrogens with zero attached hydrogens (tertiary/aromatic N) is 1. The van der Waals surface area contributed by atoms with E-state index in [9.17, 15) is 4.79 Å². The monoisotopic (exact) mass is 437 g/mol. The molecule has 4 rings (SSSR count). The second-order valence-corrected chi connectivity index (χ2v) is 7.76. The van der Waals surface area contributed by atoms with Crippen LogP contribution in [-0.2, 0) is 9.53 Å². The van der Waals surface area contributed by atoms with E-state index >= 15 is 0 Å². The summed E-state index contributed by atoms with van der Waals surface area (Å²) in [7, 11) is 0. The number of unbranched alkanes of at least 4 members (excludes halogenated alkanes) is 2. The van der Waals surface area contributed by atoms with E-state index in [-0.39, 0.29) is 5.97 Å². The molecule has 0 bridgehead atoms. The molecular formula is C25H24ClNO4. The molecule has 31 heavy (non-hydrogen) atoms. The largest absolute Gasteiger partial charge is 0.494 e. The Kier molecular flexibility index (Phi) is 6.73. The van der Waals surface area contributed by atoms with Gasteiger partial charge in [-0.05, 0) is 79.4 Å². The highest BCUT2D eigenvalue weighted by atomic mass is 35.5. The lowest BCUT2D eigenvalue weighted by atomic mass is 10.1. The van der Waals surface area contributed by atoms with Crippen molar-refractivity contribution in [1.29, 1.82) is 0 Å². The normalized spacial score (nSPS) is 11.2. The Morgan fingerprint density at radius 2 is 1.84 bits per heavy atom. The molecule has 1 heterocycles. The molecule has 0 saturated heterocycles. The van der Waals surface area contributed by atoms with Gasteiger partial charge in [-0.25, -0.2) is 4.98 Å². The van der Waals surface area contributed by atoms with Crippen molar-refractivity contribution in [2.75, 3.05) is 13.2 Å². The number of hydrogen-bond donors (Lipinski definition) is 0. The third-order valence-electron chi connectivity index (χ3n) is 5.01. The Morgan fingerprint density at radius 1 is 1.00 bits per heavy atom. The molecule has 1 aromatic heterocycles. The Morgan fingerprint density at radius 3 is 2.71 bits per heavy atom. The van der Waals surface area contributed by atoms with Gasteiger partial charge in [-0.15, -0.1) is 0 Å². The second-order valence-electron chi connectivity index (χ2n) is 7.32. The topological polar surface area (TPSA) is 61.6 Å². The van der Waals surface area contributed by atoms with Crippen LogP contribution in [0.3, 0.4) is 0 Å². The summed E-state index contributed by atoms with van der Waals surface area (Å²) in [6.45, 7) is 2.88. The Labute approximate surface area is 185 Å². The average Bonchev–Trinajstić information content (AvgIpc) is 3.19. The summed E-state index contributed by atoms with van der Waals surface area (Å²) in [5, 5.41) is 2.81. The summed E-state index contributed by atoms with van der Waals surface area (Å²) in [6, 6.07) is 17.5. The molecule has 0 amide bonds. The van der Waals surface area contributed by atoms with Gasteiger partial charge in [0.2, 0.25) is 5.89 Å². The molecule has 0 radical (unpaired) electrons. The van der Waals surface area contributed by atoms with E-state index < -0.39 is 0 Å². The van der Waals surface area contributed by atoms with Crippen molar-refractivity contribution in [3.8, 4) is 17.2 Å². The predicted molar refractivity (Wildman–Crippen MR) is 123 cm³/mol. The van der Waals surface area contributed by atoms with Gasteiger partial charge >= 0.3 is 5.97 Å². The molecule has 0 N–H and O–H groups in total. The summed E-state index contributed by atoms with van der Waals surface area (Å²) in [4.78, 5) is 15.9. The number of rotatable bonds is 9. The van der Waals surface area contributed by atoms with Crippen LogP contribution in [0.5, 0.6) is 5.75 Å². The van der Waals surface area contributed by atoms with Gasteiger partial charge in [-0.1, -0.05) is 23.7 Å². The zero-order valence-corrected chi connectivity index (χ0v) is 18.2. The van der Waals surface area contributed by atoms with Gasteiger partial charge in [0, 0.05) is 17.0 Å². The third-order valence-corrected chi connectivity index (χ3v) is 5.24. The Hall–Kier alpha value is -3.05. The number of esters is 1. The Bertz CT molecular complexity index is 1200. The van der Waals surface area contributed by atoms with Gasteiger partial charge in [-0.2, -0.15) is 0 Å².